The molecule has 0 aliphatic rings. The molecule has 0 saturated carbocycles. The Morgan fingerprint density at radius 3 is 2.87 bits per heavy atom. The lowest BCUT2D eigenvalue weighted by molar-refractivity contribution is 0.355. The van der Waals surface area contributed by atoms with Gasteiger partial charge >= 0.3 is 0 Å². The van der Waals surface area contributed by atoms with Gasteiger partial charge in [-0.1, -0.05) is 11.8 Å². The van der Waals surface area contributed by atoms with E-state index >= 15 is 0 Å². The standard InChI is InChI=1S/C15H20N4O2S2/c1-20-12-5-4-11(10-13(12)21-2)19-14(16)17-6-3-8-22-15-18-7-9-23-15/h4-5,7,9-10H,3,6,8H2,1-2H3,(H3,16,17,19). The molecule has 8 heteroatoms. The first-order chi connectivity index (χ1) is 11.2. The number of nitrogens with one attached hydrogen (secondary N) is 1. The van der Waals surface area contributed by atoms with Gasteiger partial charge in [0.25, 0.3) is 0 Å². The van der Waals surface area contributed by atoms with Crippen molar-refractivity contribution >= 4 is 34.7 Å². The molecule has 0 atom stereocenters. The maximum atomic E-state index is 5.89. The molecule has 1 aromatic carbocycles. The maximum absolute atomic E-state index is 5.89. The molecule has 6 nitrogen and oxygen atoms in total. The van der Waals surface area contributed by atoms with E-state index in [9.17, 15) is 0 Å². The van der Waals surface area contributed by atoms with Crippen molar-refractivity contribution in [1.82, 2.24) is 4.98 Å². The van der Waals surface area contributed by atoms with E-state index in [0.29, 0.717) is 24.0 Å². The first-order valence-electron chi connectivity index (χ1n) is 7.04. The monoisotopic (exact) mass is 352 g/mol. The van der Waals surface area contributed by atoms with Crippen LogP contribution in [-0.2, 0) is 0 Å². The number of guanidine groups is 1. The summed E-state index contributed by atoms with van der Waals surface area (Å²) in [6, 6.07) is 5.50. The topological polar surface area (TPSA) is 81.8 Å². The summed E-state index contributed by atoms with van der Waals surface area (Å²) in [7, 11) is 3.20. The number of hydrogen-bond acceptors (Lipinski definition) is 6. The van der Waals surface area contributed by atoms with Gasteiger partial charge in [-0.05, 0) is 18.6 Å². The molecule has 23 heavy (non-hydrogen) atoms. The number of ether oxygens (including phenoxy) is 2. The van der Waals surface area contributed by atoms with Crippen LogP contribution in [-0.4, -0.2) is 37.5 Å². The number of rotatable bonds is 8. The number of aromatic nitrogens is 1. The van der Waals surface area contributed by atoms with Crippen LogP contribution in [0, 0.1) is 0 Å². The third kappa shape index (κ3) is 5.65. The molecule has 0 bridgehead atoms. The zero-order valence-corrected chi connectivity index (χ0v) is 14.7. The predicted molar refractivity (Wildman–Crippen MR) is 97.1 cm³/mol. The average molecular weight is 352 g/mol. The van der Waals surface area contributed by atoms with Gasteiger partial charge in [-0.3, -0.25) is 4.99 Å². The summed E-state index contributed by atoms with van der Waals surface area (Å²) in [6.07, 6.45) is 2.76. The largest absolute Gasteiger partial charge is 0.493 e. The van der Waals surface area contributed by atoms with Gasteiger partial charge < -0.3 is 20.5 Å². The summed E-state index contributed by atoms with van der Waals surface area (Å²) < 4.78 is 11.5. The number of thioether (sulfide) groups is 1. The summed E-state index contributed by atoms with van der Waals surface area (Å²) in [5.41, 5.74) is 6.70. The summed E-state index contributed by atoms with van der Waals surface area (Å²) in [4.78, 5) is 8.54. The fraction of sp³-hybridized carbons (Fsp3) is 0.333. The Hall–Kier alpha value is -1.93. The molecule has 2 aromatic rings. The molecule has 0 saturated heterocycles. The first kappa shape index (κ1) is 17.4. The van der Waals surface area contributed by atoms with Crippen LogP contribution in [0.3, 0.4) is 0 Å². The van der Waals surface area contributed by atoms with E-state index in [2.05, 4.69) is 15.3 Å². The Morgan fingerprint density at radius 2 is 2.17 bits per heavy atom. The Kier molecular flexibility index (Phi) is 7.02. The second-order valence-electron chi connectivity index (χ2n) is 4.46. The second-order valence-corrected chi connectivity index (χ2v) is 6.70. The molecule has 0 unspecified atom stereocenters. The van der Waals surface area contributed by atoms with Crippen LogP contribution in [0.1, 0.15) is 6.42 Å². The number of anilines is 1. The van der Waals surface area contributed by atoms with Crippen LogP contribution in [0.2, 0.25) is 0 Å². The van der Waals surface area contributed by atoms with Crippen LogP contribution in [0.5, 0.6) is 11.5 Å². The van der Waals surface area contributed by atoms with Crippen LogP contribution in [0.25, 0.3) is 0 Å². The Bertz CT molecular complexity index is 632. The van der Waals surface area contributed by atoms with Crippen LogP contribution in [0.4, 0.5) is 5.69 Å². The normalized spacial score (nSPS) is 11.3. The van der Waals surface area contributed by atoms with Crippen molar-refractivity contribution in [2.24, 2.45) is 10.7 Å². The van der Waals surface area contributed by atoms with Gasteiger partial charge in [0.05, 0.1) is 14.2 Å². The highest BCUT2D eigenvalue weighted by Crippen LogP contribution is 2.29. The van der Waals surface area contributed by atoms with Crippen molar-refractivity contribution in [3.05, 3.63) is 29.8 Å². The molecule has 1 heterocycles. The van der Waals surface area contributed by atoms with Crippen molar-refractivity contribution < 1.29 is 9.47 Å². The molecule has 124 valence electrons. The highest BCUT2D eigenvalue weighted by Gasteiger charge is 2.05. The highest BCUT2D eigenvalue weighted by atomic mass is 32.2. The molecule has 0 radical (unpaired) electrons. The SMILES string of the molecule is COc1ccc(NC(N)=NCCCSc2nccs2)cc1OC. The van der Waals surface area contributed by atoms with E-state index in [0.717, 1.165) is 22.2 Å². The molecule has 1 aromatic heterocycles. The molecular weight excluding hydrogens is 332 g/mol. The van der Waals surface area contributed by atoms with E-state index in [4.69, 9.17) is 15.2 Å². The third-order valence-electron chi connectivity index (χ3n) is 2.88. The molecule has 0 aliphatic carbocycles. The Labute approximate surface area is 144 Å². The van der Waals surface area contributed by atoms with Gasteiger partial charge in [0.1, 0.15) is 4.34 Å². The minimum absolute atomic E-state index is 0.386. The summed E-state index contributed by atoms with van der Waals surface area (Å²) in [6.45, 7) is 0.671. The lowest BCUT2D eigenvalue weighted by Gasteiger charge is -2.10. The van der Waals surface area contributed by atoms with Gasteiger partial charge in [-0.25, -0.2) is 4.98 Å². The van der Waals surface area contributed by atoms with E-state index < -0.39 is 0 Å². The number of aliphatic imine (C=N–C) groups is 1. The van der Waals surface area contributed by atoms with Gasteiger partial charge in [-0.2, -0.15) is 0 Å². The minimum atomic E-state index is 0.386. The summed E-state index contributed by atoms with van der Waals surface area (Å²) in [5.74, 6) is 2.68. The molecule has 0 aliphatic heterocycles. The highest BCUT2D eigenvalue weighted by molar-refractivity contribution is 8.00. The van der Waals surface area contributed by atoms with E-state index in [1.165, 1.54) is 0 Å². The van der Waals surface area contributed by atoms with Crippen LogP contribution < -0.4 is 20.5 Å². The van der Waals surface area contributed by atoms with Crippen molar-refractivity contribution in [3.8, 4) is 11.5 Å². The van der Waals surface area contributed by atoms with Gasteiger partial charge in [-0.15, -0.1) is 11.3 Å². The average Bonchev–Trinajstić information content (AvgIpc) is 3.07. The van der Waals surface area contributed by atoms with E-state index in [1.54, 1.807) is 37.3 Å². The first-order valence-corrected chi connectivity index (χ1v) is 8.90. The smallest absolute Gasteiger partial charge is 0.193 e. The fourth-order valence-corrected chi connectivity index (χ4v) is 3.44. The van der Waals surface area contributed by atoms with Gasteiger partial charge in [0.2, 0.25) is 0 Å². The summed E-state index contributed by atoms with van der Waals surface area (Å²) >= 11 is 3.39. The molecule has 0 amide bonds. The maximum Gasteiger partial charge on any atom is 0.193 e. The Morgan fingerprint density at radius 1 is 1.35 bits per heavy atom. The van der Waals surface area contributed by atoms with E-state index in [1.807, 2.05) is 29.8 Å². The van der Waals surface area contributed by atoms with Gasteiger partial charge in [0.15, 0.2) is 17.5 Å². The molecule has 2 rings (SSSR count). The lowest BCUT2D eigenvalue weighted by Crippen LogP contribution is -2.22. The van der Waals surface area contributed by atoms with Crippen molar-refractivity contribution in [2.45, 2.75) is 10.8 Å². The number of nitrogens with two attached hydrogens (primary N) is 1. The zero-order chi connectivity index (χ0) is 16.5. The third-order valence-corrected chi connectivity index (χ3v) is 4.93. The number of hydrogen-bond donors (Lipinski definition) is 2. The van der Waals surface area contributed by atoms with Crippen LogP contribution in [0.15, 0.2) is 39.1 Å². The molecule has 0 fully saturated rings. The number of nitrogens with zero attached hydrogens (tertiary/aromatic N) is 2. The van der Waals surface area contributed by atoms with E-state index in [-0.39, 0.29) is 0 Å². The van der Waals surface area contributed by atoms with Crippen molar-refractivity contribution in [2.75, 3.05) is 31.8 Å². The fourth-order valence-electron chi connectivity index (χ4n) is 1.81. The zero-order valence-electron chi connectivity index (χ0n) is 13.1. The molecule has 0 spiro atoms. The number of methoxy groups -OCH3 is 2. The minimum Gasteiger partial charge on any atom is -0.493 e. The quantitative estimate of drug-likeness (QED) is 0.329. The molecule has 3 N–H and O–H groups in total. The predicted octanol–water partition coefficient (Wildman–Crippen LogP) is 3.07. The number of thiazole rings is 1. The second kappa shape index (κ2) is 9.26. The molecular formula is C15H20N4O2S2. The van der Waals surface area contributed by atoms with Crippen LogP contribution >= 0.6 is 23.1 Å². The van der Waals surface area contributed by atoms with Crippen molar-refractivity contribution in [3.63, 3.8) is 0 Å². The Balaban J connectivity index is 1.77. The van der Waals surface area contributed by atoms with Crippen molar-refractivity contribution in [1.29, 1.82) is 0 Å². The lowest BCUT2D eigenvalue weighted by atomic mass is 10.3. The van der Waals surface area contributed by atoms with Gasteiger partial charge in [0, 0.05) is 35.6 Å². The summed E-state index contributed by atoms with van der Waals surface area (Å²) in [5, 5.41) is 5.03. The number of benzene rings is 1.